The van der Waals surface area contributed by atoms with Crippen LogP contribution in [0.5, 0.6) is 0 Å². The molecule has 0 unspecified atom stereocenters. The van der Waals surface area contributed by atoms with Crippen molar-refractivity contribution in [3.8, 4) is 0 Å². The van der Waals surface area contributed by atoms with Gasteiger partial charge in [0, 0.05) is 26.3 Å². The summed E-state index contributed by atoms with van der Waals surface area (Å²) in [5.74, 6) is 0.546. The van der Waals surface area contributed by atoms with Gasteiger partial charge >= 0.3 is 0 Å². The molecule has 1 aromatic rings. The van der Waals surface area contributed by atoms with Crippen LogP contribution in [0.25, 0.3) is 0 Å². The number of hydrogen-bond acceptors (Lipinski definition) is 4. The van der Waals surface area contributed by atoms with Gasteiger partial charge in [-0.25, -0.2) is 4.98 Å². The average Bonchev–Trinajstić information content (AvgIpc) is 2.38. The third-order valence-corrected chi connectivity index (χ3v) is 2.99. The highest BCUT2D eigenvalue weighted by Crippen LogP contribution is 2.26. The lowest BCUT2D eigenvalue weighted by atomic mass is 10.2. The Balaban J connectivity index is 3.01. The van der Waals surface area contributed by atoms with Crippen molar-refractivity contribution in [2.24, 2.45) is 5.73 Å². The van der Waals surface area contributed by atoms with Crippen LogP contribution in [0, 0.1) is 0 Å². The Hall–Kier alpha value is -1.33. The maximum absolute atomic E-state index is 11.5. The number of likely N-dealkylation sites (N-methyl/N-ethyl adjacent to an activating group) is 1. The molecule has 0 spiro atoms. The summed E-state index contributed by atoms with van der Waals surface area (Å²) in [7, 11) is 1.61. The number of hydrogen-bond donors (Lipinski definition) is 2. The van der Waals surface area contributed by atoms with Crippen molar-refractivity contribution in [3.05, 3.63) is 22.8 Å². The SMILES string of the molecule is CCCN(CC(=O)NC)c1nccc(CN)c1Cl. The van der Waals surface area contributed by atoms with Crippen molar-refractivity contribution < 1.29 is 4.79 Å². The number of anilines is 1. The predicted octanol–water partition coefficient (Wildman–Crippen LogP) is 1.16. The lowest BCUT2D eigenvalue weighted by molar-refractivity contribution is -0.119. The van der Waals surface area contributed by atoms with Gasteiger partial charge in [0.05, 0.1) is 11.6 Å². The zero-order valence-corrected chi connectivity index (χ0v) is 11.5. The van der Waals surface area contributed by atoms with E-state index < -0.39 is 0 Å². The second kappa shape index (κ2) is 7.18. The first-order valence-corrected chi connectivity index (χ1v) is 6.30. The lowest BCUT2D eigenvalue weighted by Gasteiger charge is -2.23. The van der Waals surface area contributed by atoms with Crippen LogP contribution in [0.3, 0.4) is 0 Å². The topological polar surface area (TPSA) is 71.2 Å². The quantitative estimate of drug-likeness (QED) is 0.814. The van der Waals surface area contributed by atoms with E-state index in [9.17, 15) is 4.79 Å². The van der Waals surface area contributed by atoms with Crippen molar-refractivity contribution in [1.29, 1.82) is 0 Å². The third-order valence-electron chi connectivity index (χ3n) is 2.58. The normalized spacial score (nSPS) is 10.2. The molecular formula is C12H19ClN4O. The highest BCUT2D eigenvalue weighted by atomic mass is 35.5. The molecule has 1 rings (SSSR count). The van der Waals surface area contributed by atoms with Gasteiger partial charge in [-0.2, -0.15) is 0 Å². The largest absolute Gasteiger partial charge is 0.358 e. The van der Waals surface area contributed by atoms with E-state index in [2.05, 4.69) is 10.3 Å². The monoisotopic (exact) mass is 270 g/mol. The first-order chi connectivity index (χ1) is 8.63. The molecule has 0 aromatic carbocycles. The number of carbonyl (C=O) groups excluding carboxylic acids is 1. The second-order valence-corrected chi connectivity index (χ2v) is 4.28. The van der Waals surface area contributed by atoms with Crippen LogP contribution in [0.4, 0.5) is 5.82 Å². The van der Waals surface area contributed by atoms with Gasteiger partial charge in [0.1, 0.15) is 5.82 Å². The number of amides is 1. The van der Waals surface area contributed by atoms with Crippen LogP contribution >= 0.6 is 11.6 Å². The van der Waals surface area contributed by atoms with E-state index in [1.807, 2.05) is 11.8 Å². The van der Waals surface area contributed by atoms with E-state index >= 15 is 0 Å². The van der Waals surface area contributed by atoms with E-state index in [0.29, 0.717) is 23.9 Å². The molecule has 6 heteroatoms. The molecule has 0 aliphatic heterocycles. The van der Waals surface area contributed by atoms with Crippen LogP contribution < -0.4 is 16.0 Å². The van der Waals surface area contributed by atoms with E-state index in [0.717, 1.165) is 12.0 Å². The Kier molecular flexibility index (Phi) is 5.88. The van der Waals surface area contributed by atoms with E-state index in [1.54, 1.807) is 19.3 Å². The molecule has 0 fully saturated rings. The molecule has 1 amide bonds. The first kappa shape index (κ1) is 14.7. The van der Waals surface area contributed by atoms with Crippen molar-refractivity contribution in [3.63, 3.8) is 0 Å². The molecule has 3 N–H and O–H groups in total. The molecule has 18 heavy (non-hydrogen) atoms. The molecule has 0 radical (unpaired) electrons. The third kappa shape index (κ3) is 3.58. The summed E-state index contributed by atoms with van der Waals surface area (Å²) < 4.78 is 0. The Bertz CT molecular complexity index is 411. The Morgan fingerprint density at radius 3 is 2.89 bits per heavy atom. The number of carbonyl (C=O) groups is 1. The van der Waals surface area contributed by atoms with Crippen LogP contribution in [0.1, 0.15) is 18.9 Å². The van der Waals surface area contributed by atoms with Crippen LogP contribution in [-0.2, 0) is 11.3 Å². The zero-order valence-electron chi connectivity index (χ0n) is 10.7. The molecule has 0 bridgehead atoms. The Morgan fingerprint density at radius 2 is 2.33 bits per heavy atom. The molecule has 0 atom stereocenters. The first-order valence-electron chi connectivity index (χ1n) is 5.93. The Morgan fingerprint density at radius 1 is 1.61 bits per heavy atom. The number of halogens is 1. The van der Waals surface area contributed by atoms with Crippen LogP contribution in [0.2, 0.25) is 5.02 Å². The molecule has 5 nitrogen and oxygen atoms in total. The summed E-state index contributed by atoms with van der Waals surface area (Å²) >= 11 is 6.25. The maximum Gasteiger partial charge on any atom is 0.239 e. The predicted molar refractivity (Wildman–Crippen MR) is 73.7 cm³/mol. The highest BCUT2D eigenvalue weighted by molar-refractivity contribution is 6.33. The van der Waals surface area contributed by atoms with Gasteiger partial charge in [-0.1, -0.05) is 18.5 Å². The molecule has 0 aliphatic rings. The number of nitrogens with two attached hydrogens (primary N) is 1. The van der Waals surface area contributed by atoms with Crippen LogP contribution in [0.15, 0.2) is 12.3 Å². The smallest absolute Gasteiger partial charge is 0.239 e. The minimum atomic E-state index is -0.0699. The molecule has 0 saturated carbocycles. The average molecular weight is 271 g/mol. The van der Waals surface area contributed by atoms with Crippen molar-refractivity contribution in [1.82, 2.24) is 10.3 Å². The van der Waals surface area contributed by atoms with Crippen molar-refractivity contribution in [2.45, 2.75) is 19.9 Å². The summed E-state index contributed by atoms with van der Waals surface area (Å²) in [5, 5.41) is 3.12. The van der Waals surface area contributed by atoms with Gasteiger partial charge in [-0.3, -0.25) is 4.79 Å². The van der Waals surface area contributed by atoms with Crippen molar-refractivity contribution >= 4 is 23.3 Å². The summed E-state index contributed by atoms with van der Waals surface area (Å²) in [6.07, 6.45) is 2.57. The van der Waals surface area contributed by atoms with Gasteiger partial charge in [-0.05, 0) is 18.1 Å². The van der Waals surface area contributed by atoms with E-state index in [4.69, 9.17) is 17.3 Å². The number of nitrogens with one attached hydrogen (secondary N) is 1. The van der Waals surface area contributed by atoms with Gasteiger partial charge in [-0.15, -0.1) is 0 Å². The lowest BCUT2D eigenvalue weighted by Crippen LogP contribution is -2.36. The fraction of sp³-hybridized carbons (Fsp3) is 0.500. The highest BCUT2D eigenvalue weighted by Gasteiger charge is 2.16. The van der Waals surface area contributed by atoms with Gasteiger partial charge in [0.2, 0.25) is 5.91 Å². The summed E-state index contributed by atoms with van der Waals surface area (Å²) in [5.41, 5.74) is 6.44. The minimum Gasteiger partial charge on any atom is -0.358 e. The van der Waals surface area contributed by atoms with E-state index in [-0.39, 0.29) is 12.5 Å². The Labute approximate surface area is 112 Å². The number of pyridine rings is 1. The van der Waals surface area contributed by atoms with Crippen LogP contribution in [-0.4, -0.2) is 31.0 Å². The zero-order chi connectivity index (χ0) is 13.5. The molecule has 1 aromatic heterocycles. The fourth-order valence-electron chi connectivity index (χ4n) is 1.63. The van der Waals surface area contributed by atoms with Gasteiger partial charge in [0.25, 0.3) is 0 Å². The second-order valence-electron chi connectivity index (χ2n) is 3.91. The summed E-state index contributed by atoms with van der Waals surface area (Å²) in [6, 6.07) is 1.79. The number of aromatic nitrogens is 1. The maximum atomic E-state index is 11.5. The number of rotatable bonds is 6. The number of nitrogens with zero attached hydrogens (tertiary/aromatic N) is 2. The standard InChI is InChI=1S/C12H19ClN4O/c1-3-6-17(8-10(18)15-2)12-11(13)9(7-14)4-5-16-12/h4-5H,3,6-8,14H2,1-2H3,(H,15,18). The molecule has 100 valence electrons. The molecule has 0 saturated heterocycles. The molecule has 1 heterocycles. The fourth-order valence-corrected chi connectivity index (χ4v) is 1.94. The van der Waals surface area contributed by atoms with Gasteiger partial charge in [0.15, 0.2) is 0 Å². The minimum absolute atomic E-state index is 0.0699. The van der Waals surface area contributed by atoms with E-state index in [1.165, 1.54) is 0 Å². The van der Waals surface area contributed by atoms with Gasteiger partial charge < -0.3 is 16.0 Å². The molecule has 0 aliphatic carbocycles. The summed E-state index contributed by atoms with van der Waals surface area (Å²) in [6.45, 7) is 3.35. The van der Waals surface area contributed by atoms with Crippen molar-refractivity contribution in [2.75, 3.05) is 25.0 Å². The molecular weight excluding hydrogens is 252 g/mol. The summed E-state index contributed by atoms with van der Waals surface area (Å²) in [4.78, 5) is 17.6.